The van der Waals surface area contributed by atoms with Gasteiger partial charge in [-0.3, -0.25) is 0 Å². The molecule has 0 aliphatic rings. The summed E-state index contributed by atoms with van der Waals surface area (Å²) in [6.45, 7) is 4.63. The summed E-state index contributed by atoms with van der Waals surface area (Å²) in [5, 5.41) is 9.29. The van der Waals surface area contributed by atoms with Crippen molar-refractivity contribution in [1.29, 1.82) is 0 Å². The summed E-state index contributed by atoms with van der Waals surface area (Å²) < 4.78 is 23.3. The topological polar surface area (TPSA) is 54.4 Å². The summed E-state index contributed by atoms with van der Waals surface area (Å²) in [4.78, 5) is 0.230. The lowest BCUT2D eigenvalue weighted by Gasteiger charge is -2.25. The Morgan fingerprint density at radius 1 is 1.38 bits per heavy atom. The lowest BCUT2D eigenvalue weighted by Crippen LogP contribution is -2.38. The minimum absolute atomic E-state index is 0.223. The highest BCUT2D eigenvalue weighted by Gasteiger charge is 2.38. The van der Waals surface area contributed by atoms with Gasteiger partial charge in [0, 0.05) is 0 Å². The summed E-state index contributed by atoms with van der Waals surface area (Å²) in [5.74, 6) is 0. The molecule has 0 aliphatic carbocycles. The first-order valence-corrected chi connectivity index (χ1v) is 6.48. The van der Waals surface area contributed by atoms with Crippen LogP contribution in [-0.4, -0.2) is 24.9 Å². The molecule has 0 fully saturated rings. The van der Waals surface area contributed by atoms with E-state index in [1.807, 2.05) is 0 Å². The zero-order valence-electron chi connectivity index (χ0n) is 9.26. The van der Waals surface area contributed by atoms with Crippen LogP contribution >= 0.6 is 0 Å². The molecule has 0 spiro atoms. The summed E-state index contributed by atoms with van der Waals surface area (Å²) in [7, 11) is -3.53. The molecule has 0 amide bonds. The molecular formula is C12H16O3S. The second-order valence-corrected chi connectivity index (χ2v) is 6.38. The average molecular weight is 240 g/mol. The number of sulfone groups is 1. The van der Waals surface area contributed by atoms with E-state index < -0.39 is 21.2 Å². The maximum atomic E-state index is 12.3. The molecule has 0 aliphatic heterocycles. The number of hydrogen-bond acceptors (Lipinski definition) is 3. The predicted octanol–water partition coefficient (Wildman–Crippen LogP) is 1.79. The summed E-state index contributed by atoms with van der Waals surface area (Å²) in [6.07, 6.45) is 1.73. The van der Waals surface area contributed by atoms with Crippen LogP contribution in [0.15, 0.2) is 47.9 Å². The van der Waals surface area contributed by atoms with Gasteiger partial charge in [0.1, 0.15) is 4.75 Å². The summed E-state index contributed by atoms with van der Waals surface area (Å²) >= 11 is 0. The van der Waals surface area contributed by atoms with E-state index in [1.54, 1.807) is 18.2 Å². The zero-order chi connectivity index (χ0) is 12.2. The Kier molecular flexibility index (Phi) is 3.88. The van der Waals surface area contributed by atoms with Crippen LogP contribution in [0.4, 0.5) is 0 Å². The van der Waals surface area contributed by atoms with E-state index in [1.165, 1.54) is 25.1 Å². The molecule has 1 aromatic rings. The molecule has 1 aromatic carbocycles. The van der Waals surface area contributed by atoms with Gasteiger partial charge in [0.2, 0.25) is 0 Å². The molecule has 4 heteroatoms. The van der Waals surface area contributed by atoms with E-state index in [0.717, 1.165) is 0 Å². The van der Waals surface area contributed by atoms with Crippen molar-refractivity contribution in [3.63, 3.8) is 0 Å². The predicted molar refractivity (Wildman–Crippen MR) is 63.9 cm³/mol. The van der Waals surface area contributed by atoms with Gasteiger partial charge in [0.05, 0.1) is 11.5 Å². The van der Waals surface area contributed by atoms with Gasteiger partial charge >= 0.3 is 0 Å². The molecule has 16 heavy (non-hydrogen) atoms. The lowest BCUT2D eigenvalue weighted by atomic mass is 10.1. The van der Waals surface area contributed by atoms with E-state index in [2.05, 4.69) is 6.58 Å². The molecule has 0 heterocycles. The van der Waals surface area contributed by atoms with E-state index in [0.29, 0.717) is 0 Å². The summed E-state index contributed by atoms with van der Waals surface area (Å²) in [5.41, 5.74) is 0. The van der Waals surface area contributed by atoms with Crippen LogP contribution < -0.4 is 0 Å². The Bertz CT molecular complexity index is 450. The molecule has 0 saturated carbocycles. The van der Waals surface area contributed by atoms with E-state index >= 15 is 0 Å². The second kappa shape index (κ2) is 4.80. The van der Waals surface area contributed by atoms with Crippen molar-refractivity contribution in [2.45, 2.75) is 23.0 Å². The van der Waals surface area contributed by atoms with E-state index in [-0.39, 0.29) is 11.3 Å². The standard InChI is InChI=1S/C12H16O3S/c1-3-9-12(2,10-13)16(14,15)11-7-5-4-6-8-11/h3-8,13H,1,9-10H2,2H3. The molecule has 1 atom stereocenters. The van der Waals surface area contributed by atoms with Crippen molar-refractivity contribution in [3.05, 3.63) is 43.0 Å². The molecule has 0 aromatic heterocycles. The smallest absolute Gasteiger partial charge is 0.186 e. The van der Waals surface area contributed by atoms with Crippen molar-refractivity contribution in [1.82, 2.24) is 0 Å². The second-order valence-electron chi connectivity index (χ2n) is 3.92. The Morgan fingerprint density at radius 2 is 1.94 bits per heavy atom. The van der Waals surface area contributed by atoms with Gasteiger partial charge in [-0.25, -0.2) is 8.42 Å². The number of allylic oxidation sites excluding steroid dienone is 1. The fourth-order valence-electron chi connectivity index (χ4n) is 1.45. The SMILES string of the molecule is C=CCC(C)(CO)S(=O)(=O)c1ccccc1. The maximum absolute atomic E-state index is 12.3. The van der Waals surface area contributed by atoms with Gasteiger partial charge in [-0.2, -0.15) is 0 Å². The van der Waals surface area contributed by atoms with Crippen molar-refractivity contribution in [2.75, 3.05) is 6.61 Å². The van der Waals surface area contributed by atoms with Crippen LogP contribution in [0.25, 0.3) is 0 Å². The zero-order valence-corrected chi connectivity index (χ0v) is 10.1. The third kappa shape index (κ3) is 2.18. The average Bonchev–Trinajstić information content (AvgIpc) is 2.30. The number of aliphatic hydroxyl groups excluding tert-OH is 1. The van der Waals surface area contributed by atoms with Gasteiger partial charge in [-0.05, 0) is 25.5 Å². The van der Waals surface area contributed by atoms with E-state index in [4.69, 9.17) is 0 Å². The molecule has 88 valence electrons. The van der Waals surface area contributed by atoms with Crippen LogP contribution in [0.1, 0.15) is 13.3 Å². The number of rotatable bonds is 5. The Morgan fingerprint density at radius 3 is 2.38 bits per heavy atom. The molecule has 0 radical (unpaired) electrons. The van der Waals surface area contributed by atoms with Gasteiger partial charge in [-0.15, -0.1) is 6.58 Å². The van der Waals surface area contributed by atoms with Crippen LogP contribution in [-0.2, 0) is 9.84 Å². The normalized spacial score (nSPS) is 15.4. The van der Waals surface area contributed by atoms with Crippen molar-refractivity contribution >= 4 is 9.84 Å². The van der Waals surface area contributed by atoms with Crippen LogP contribution in [0, 0.1) is 0 Å². The molecule has 1 unspecified atom stereocenters. The monoisotopic (exact) mass is 240 g/mol. The fourth-order valence-corrected chi connectivity index (χ4v) is 3.04. The first-order valence-electron chi connectivity index (χ1n) is 4.99. The van der Waals surface area contributed by atoms with Crippen molar-refractivity contribution in [3.8, 4) is 0 Å². The third-order valence-electron chi connectivity index (χ3n) is 2.61. The lowest BCUT2D eigenvalue weighted by molar-refractivity contribution is 0.250. The first-order chi connectivity index (χ1) is 7.48. The highest BCUT2D eigenvalue weighted by atomic mass is 32.2. The maximum Gasteiger partial charge on any atom is 0.186 e. The van der Waals surface area contributed by atoms with Gasteiger partial charge < -0.3 is 5.11 Å². The van der Waals surface area contributed by atoms with Crippen molar-refractivity contribution in [2.24, 2.45) is 0 Å². The quantitative estimate of drug-likeness (QED) is 0.798. The molecule has 1 rings (SSSR count). The largest absolute Gasteiger partial charge is 0.395 e. The summed E-state index contributed by atoms with van der Waals surface area (Å²) in [6, 6.07) is 8.15. The highest BCUT2D eigenvalue weighted by Crippen LogP contribution is 2.28. The molecular weight excluding hydrogens is 224 g/mol. The third-order valence-corrected chi connectivity index (χ3v) is 5.10. The fraction of sp³-hybridized carbons (Fsp3) is 0.333. The number of aliphatic hydroxyl groups is 1. The van der Waals surface area contributed by atoms with Crippen LogP contribution in [0.2, 0.25) is 0 Å². The Balaban J connectivity index is 3.25. The first kappa shape index (κ1) is 12.9. The van der Waals surface area contributed by atoms with Gasteiger partial charge in [-0.1, -0.05) is 24.3 Å². The molecule has 0 saturated heterocycles. The molecule has 1 N–H and O–H groups in total. The van der Waals surface area contributed by atoms with Crippen molar-refractivity contribution < 1.29 is 13.5 Å². The Hall–Kier alpha value is -1.13. The van der Waals surface area contributed by atoms with Crippen LogP contribution in [0.5, 0.6) is 0 Å². The number of benzene rings is 1. The minimum Gasteiger partial charge on any atom is -0.395 e. The molecule has 0 bridgehead atoms. The van der Waals surface area contributed by atoms with Gasteiger partial charge in [0.15, 0.2) is 9.84 Å². The number of hydrogen-bond donors (Lipinski definition) is 1. The van der Waals surface area contributed by atoms with E-state index in [9.17, 15) is 13.5 Å². The Labute approximate surface area is 96.4 Å². The minimum atomic E-state index is -3.53. The molecule has 3 nitrogen and oxygen atoms in total. The highest BCUT2D eigenvalue weighted by molar-refractivity contribution is 7.92. The van der Waals surface area contributed by atoms with Gasteiger partial charge in [0.25, 0.3) is 0 Å². The van der Waals surface area contributed by atoms with Crippen LogP contribution in [0.3, 0.4) is 0 Å².